The van der Waals surface area contributed by atoms with Crippen molar-refractivity contribution in [2.75, 3.05) is 12.8 Å². The van der Waals surface area contributed by atoms with Crippen LogP contribution in [-0.2, 0) is 7.05 Å². The molecular formula is C12H13ClFN3O. The zero-order valence-corrected chi connectivity index (χ0v) is 11.0. The normalized spacial score (nSPS) is 10.7. The molecule has 2 aromatic rings. The predicted molar refractivity (Wildman–Crippen MR) is 69.3 cm³/mol. The molecule has 0 saturated heterocycles. The molecule has 0 amide bonds. The Morgan fingerprint density at radius 1 is 1.44 bits per heavy atom. The number of benzene rings is 1. The molecule has 0 saturated carbocycles. The fraction of sp³-hybridized carbons (Fsp3) is 0.250. The molecule has 0 aliphatic carbocycles. The maximum absolute atomic E-state index is 13.7. The first-order valence-electron chi connectivity index (χ1n) is 5.28. The van der Waals surface area contributed by atoms with Crippen LogP contribution in [0, 0.1) is 12.7 Å². The molecule has 1 aromatic heterocycles. The first-order chi connectivity index (χ1) is 8.45. The second-order valence-electron chi connectivity index (χ2n) is 3.96. The number of nitrogen functional groups attached to an aromatic ring is 1. The Morgan fingerprint density at radius 3 is 2.61 bits per heavy atom. The van der Waals surface area contributed by atoms with Crippen molar-refractivity contribution in [1.29, 1.82) is 0 Å². The standard InChI is InChI=1S/C12H13ClFN3O/c1-6-11(14)8(13)4-7(12(6)18-3)9-5-10(15)17(2)16-9/h4-5H,15H2,1-3H3. The van der Waals surface area contributed by atoms with Gasteiger partial charge in [-0.3, -0.25) is 4.68 Å². The predicted octanol–water partition coefficient (Wildman–Crippen LogP) is 2.78. The van der Waals surface area contributed by atoms with Crippen molar-refractivity contribution < 1.29 is 9.13 Å². The van der Waals surface area contributed by atoms with E-state index >= 15 is 0 Å². The third kappa shape index (κ3) is 1.90. The van der Waals surface area contributed by atoms with Crippen LogP contribution in [-0.4, -0.2) is 16.9 Å². The average Bonchev–Trinajstić information content (AvgIpc) is 2.66. The molecule has 1 heterocycles. The fourth-order valence-electron chi connectivity index (χ4n) is 1.80. The summed E-state index contributed by atoms with van der Waals surface area (Å²) in [5.74, 6) is 0.432. The number of nitrogens with two attached hydrogens (primary N) is 1. The van der Waals surface area contributed by atoms with Crippen molar-refractivity contribution in [2.24, 2.45) is 7.05 Å². The van der Waals surface area contributed by atoms with Crippen LogP contribution in [0.15, 0.2) is 12.1 Å². The van der Waals surface area contributed by atoms with Crippen LogP contribution in [0.2, 0.25) is 5.02 Å². The van der Waals surface area contributed by atoms with Gasteiger partial charge in [-0.15, -0.1) is 0 Å². The van der Waals surface area contributed by atoms with E-state index in [2.05, 4.69) is 5.10 Å². The highest BCUT2D eigenvalue weighted by molar-refractivity contribution is 6.31. The lowest BCUT2D eigenvalue weighted by atomic mass is 10.1. The molecule has 0 atom stereocenters. The smallest absolute Gasteiger partial charge is 0.148 e. The lowest BCUT2D eigenvalue weighted by molar-refractivity contribution is 0.408. The van der Waals surface area contributed by atoms with Crippen molar-refractivity contribution in [3.8, 4) is 17.0 Å². The van der Waals surface area contributed by atoms with Crippen molar-refractivity contribution in [3.63, 3.8) is 0 Å². The summed E-state index contributed by atoms with van der Waals surface area (Å²) in [4.78, 5) is 0. The van der Waals surface area contributed by atoms with Gasteiger partial charge in [0.25, 0.3) is 0 Å². The van der Waals surface area contributed by atoms with Crippen LogP contribution in [0.3, 0.4) is 0 Å². The van der Waals surface area contributed by atoms with Crippen LogP contribution < -0.4 is 10.5 Å². The quantitative estimate of drug-likeness (QED) is 0.912. The van der Waals surface area contributed by atoms with Crippen molar-refractivity contribution in [2.45, 2.75) is 6.92 Å². The minimum absolute atomic E-state index is 0.0347. The number of ether oxygens (including phenoxy) is 1. The summed E-state index contributed by atoms with van der Waals surface area (Å²) in [7, 11) is 3.20. The maximum atomic E-state index is 13.7. The van der Waals surface area contributed by atoms with Gasteiger partial charge in [-0.2, -0.15) is 5.10 Å². The van der Waals surface area contributed by atoms with E-state index in [1.165, 1.54) is 17.9 Å². The van der Waals surface area contributed by atoms with Gasteiger partial charge >= 0.3 is 0 Å². The number of methoxy groups -OCH3 is 1. The number of aryl methyl sites for hydroxylation is 1. The van der Waals surface area contributed by atoms with Crippen LogP contribution in [0.1, 0.15) is 5.56 Å². The summed E-state index contributed by atoms with van der Waals surface area (Å²) in [6.45, 7) is 1.61. The van der Waals surface area contributed by atoms with Crippen LogP contribution in [0.4, 0.5) is 10.2 Å². The van der Waals surface area contributed by atoms with Crippen molar-refractivity contribution in [3.05, 3.63) is 28.5 Å². The number of anilines is 1. The van der Waals surface area contributed by atoms with Gasteiger partial charge in [0.15, 0.2) is 0 Å². The molecule has 18 heavy (non-hydrogen) atoms. The SMILES string of the molecule is COc1c(-c2cc(N)n(C)n2)cc(Cl)c(F)c1C. The minimum atomic E-state index is -0.485. The van der Waals surface area contributed by atoms with Gasteiger partial charge < -0.3 is 10.5 Å². The summed E-state index contributed by atoms with van der Waals surface area (Å²) >= 11 is 5.85. The Bertz CT molecular complexity index is 590. The van der Waals surface area contributed by atoms with Gasteiger partial charge in [-0.1, -0.05) is 11.6 Å². The summed E-state index contributed by atoms with van der Waals surface area (Å²) in [6.07, 6.45) is 0. The monoisotopic (exact) mass is 269 g/mol. The molecule has 0 aliphatic heterocycles. The summed E-state index contributed by atoms with van der Waals surface area (Å²) < 4.78 is 20.5. The molecule has 4 nitrogen and oxygen atoms in total. The maximum Gasteiger partial charge on any atom is 0.148 e. The number of halogens is 2. The second kappa shape index (κ2) is 4.49. The van der Waals surface area contributed by atoms with Gasteiger partial charge in [0, 0.05) is 24.2 Å². The Balaban J connectivity index is 2.70. The molecule has 0 bridgehead atoms. The molecule has 0 unspecified atom stereocenters. The Kier molecular flexibility index (Phi) is 3.17. The van der Waals surface area contributed by atoms with Gasteiger partial charge in [0.1, 0.15) is 17.4 Å². The fourth-order valence-corrected chi connectivity index (χ4v) is 2.05. The number of rotatable bonds is 2. The Hall–Kier alpha value is -1.75. The highest BCUT2D eigenvalue weighted by Gasteiger charge is 2.18. The van der Waals surface area contributed by atoms with Crippen LogP contribution in [0.5, 0.6) is 5.75 Å². The van der Waals surface area contributed by atoms with E-state index in [1.54, 1.807) is 20.0 Å². The van der Waals surface area contributed by atoms with Crippen molar-refractivity contribution >= 4 is 17.4 Å². The molecule has 1 aromatic carbocycles. The van der Waals surface area contributed by atoms with Gasteiger partial charge in [-0.05, 0) is 13.0 Å². The highest BCUT2D eigenvalue weighted by atomic mass is 35.5. The first-order valence-corrected chi connectivity index (χ1v) is 5.66. The number of hydrogen-bond donors (Lipinski definition) is 1. The summed E-state index contributed by atoms with van der Waals surface area (Å²) in [6, 6.07) is 3.18. The molecule has 0 fully saturated rings. The third-order valence-corrected chi connectivity index (χ3v) is 3.07. The number of aromatic nitrogens is 2. The highest BCUT2D eigenvalue weighted by Crippen LogP contribution is 2.37. The van der Waals surface area contributed by atoms with E-state index in [0.29, 0.717) is 28.4 Å². The van der Waals surface area contributed by atoms with E-state index in [0.717, 1.165) is 0 Å². The van der Waals surface area contributed by atoms with Crippen LogP contribution in [0.25, 0.3) is 11.3 Å². The van der Waals surface area contributed by atoms with E-state index in [1.807, 2.05) is 0 Å². The van der Waals surface area contributed by atoms with E-state index < -0.39 is 5.82 Å². The molecule has 0 aliphatic rings. The van der Waals surface area contributed by atoms with Crippen molar-refractivity contribution in [1.82, 2.24) is 9.78 Å². The molecule has 0 spiro atoms. The summed E-state index contributed by atoms with van der Waals surface area (Å²) in [5, 5.41) is 4.27. The largest absolute Gasteiger partial charge is 0.496 e. The average molecular weight is 270 g/mol. The van der Waals surface area contributed by atoms with Gasteiger partial charge in [0.05, 0.1) is 17.8 Å². The zero-order valence-electron chi connectivity index (χ0n) is 10.3. The number of hydrogen-bond acceptors (Lipinski definition) is 3. The molecule has 96 valence electrons. The Labute approximate surface area is 109 Å². The molecule has 2 rings (SSSR count). The number of nitrogens with zero attached hydrogens (tertiary/aromatic N) is 2. The van der Waals surface area contributed by atoms with Gasteiger partial charge in [0.2, 0.25) is 0 Å². The zero-order chi connectivity index (χ0) is 13.4. The Morgan fingerprint density at radius 2 is 2.11 bits per heavy atom. The van der Waals surface area contributed by atoms with Gasteiger partial charge in [-0.25, -0.2) is 4.39 Å². The minimum Gasteiger partial charge on any atom is -0.496 e. The van der Waals surface area contributed by atoms with E-state index in [-0.39, 0.29) is 5.02 Å². The molecule has 2 N–H and O–H groups in total. The van der Waals surface area contributed by atoms with E-state index in [4.69, 9.17) is 22.1 Å². The first kappa shape index (κ1) is 12.7. The molecule has 0 radical (unpaired) electrons. The summed E-state index contributed by atoms with van der Waals surface area (Å²) in [5.41, 5.74) is 7.29. The topological polar surface area (TPSA) is 53.1 Å². The molecular weight excluding hydrogens is 257 g/mol. The van der Waals surface area contributed by atoms with E-state index in [9.17, 15) is 4.39 Å². The third-order valence-electron chi connectivity index (χ3n) is 2.79. The lowest BCUT2D eigenvalue weighted by Crippen LogP contribution is -1.98. The second-order valence-corrected chi connectivity index (χ2v) is 4.36. The van der Waals surface area contributed by atoms with Crippen LogP contribution >= 0.6 is 11.6 Å². The molecule has 6 heteroatoms. The lowest BCUT2D eigenvalue weighted by Gasteiger charge is -2.11.